The van der Waals surface area contributed by atoms with Crippen LogP contribution in [0.1, 0.15) is 78.9 Å². The number of rotatable bonds is 7. The number of carboxylic acids is 1. The van der Waals surface area contributed by atoms with Crippen molar-refractivity contribution in [3.8, 4) is 0 Å². The van der Waals surface area contributed by atoms with Gasteiger partial charge in [-0.1, -0.05) is 44.0 Å². The van der Waals surface area contributed by atoms with Crippen molar-refractivity contribution in [3.05, 3.63) is 65.0 Å². The van der Waals surface area contributed by atoms with Gasteiger partial charge in [-0.25, -0.2) is 9.59 Å². The summed E-state index contributed by atoms with van der Waals surface area (Å²) in [6, 6.07) is 10.5. The topological polar surface area (TPSA) is 103 Å². The van der Waals surface area contributed by atoms with Crippen molar-refractivity contribution in [1.29, 1.82) is 0 Å². The van der Waals surface area contributed by atoms with Crippen molar-refractivity contribution in [2.75, 3.05) is 32.7 Å². The molecule has 0 radical (unpaired) electrons. The average Bonchev–Trinajstić information content (AvgIpc) is 3.02. The molecule has 3 aliphatic rings. The molecule has 1 aromatic heterocycles. The van der Waals surface area contributed by atoms with Crippen LogP contribution in [-0.4, -0.2) is 93.3 Å². The Bertz CT molecular complexity index is 1320. The number of piperidine rings is 2. The molecule has 1 spiro atoms. The summed E-state index contributed by atoms with van der Waals surface area (Å²) in [5.74, 6) is -2.23. The second kappa shape index (κ2) is 15.3. The van der Waals surface area contributed by atoms with E-state index >= 15 is 0 Å². The van der Waals surface area contributed by atoms with E-state index in [0.717, 1.165) is 99.9 Å². The summed E-state index contributed by atoms with van der Waals surface area (Å²) in [7, 11) is 0. The lowest BCUT2D eigenvalue weighted by atomic mass is 9.75. The van der Waals surface area contributed by atoms with E-state index in [2.05, 4.69) is 16.8 Å². The number of alkyl halides is 3. The first-order valence-corrected chi connectivity index (χ1v) is 16.1. The van der Waals surface area contributed by atoms with E-state index in [0.29, 0.717) is 18.5 Å². The molecule has 3 aliphatic heterocycles. The number of carbonyl (C=O) groups excluding carboxylic acids is 2. The Hall–Kier alpha value is -3.67. The number of aryl methyl sites for hydroxylation is 2. The van der Waals surface area contributed by atoms with Gasteiger partial charge in [-0.05, 0) is 55.9 Å². The number of halogens is 3. The summed E-state index contributed by atoms with van der Waals surface area (Å²) in [5.41, 5.74) is 3.67. The Morgan fingerprint density at radius 1 is 1.04 bits per heavy atom. The molecule has 0 aliphatic carbocycles. The van der Waals surface area contributed by atoms with Gasteiger partial charge in [0.25, 0.3) is 5.91 Å². The normalized spacial score (nSPS) is 20.6. The number of amides is 2. The van der Waals surface area contributed by atoms with E-state index < -0.39 is 12.1 Å². The number of aliphatic carboxylic acids is 1. The van der Waals surface area contributed by atoms with Crippen LogP contribution in [0.4, 0.5) is 18.0 Å². The second-order valence-corrected chi connectivity index (χ2v) is 12.6. The van der Waals surface area contributed by atoms with Gasteiger partial charge in [0.2, 0.25) is 0 Å². The first kappa shape index (κ1) is 35.2. The summed E-state index contributed by atoms with van der Waals surface area (Å²) in [6.45, 7) is 11.1. The predicted molar refractivity (Wildman–Crippen MR) is 166 cm³/mol. The van der Waals surface area contributed by atoms with Gasteiger partial charge < -0.3 is 19.6 Å². The minimum Gasteiger partial charge on any atom is -0.475 e. The number of carbonyl (C=O) groups is 3. The molecule has 1 unspecified atom stereocenters. The number of unbranched alkanes of at least 4 members (excludes halogenated alkanes) is 1. The van der Waals surface area contributed by atoms with E-state index in [-0.39, 0.29) is 17.6 Å². The van der Waals surface area contributed by atoms with Crippen LogP contribution in [0.15, 0.2) is 42.7 Å². The Morgan fingerprint density at radius 2 is 1.67 bits per heavy atom. The van der Waals surface area contributed by atoms with Gasteiger partial charge in [0.1, 0.15) is 5.60 Å². The minimum atomic E-state index is -5.08. The van der Waals surface area contributed by atoms with Crippen LogP contribution in [0.5, 0.6) is 0 Å². The molecule has 4 heterocycles. The minimum absolute atomic E-state index is 0.172. The number of nitrogens with zero attached hydrogens (tertiary/aromatic N) is 4. The highest BCUT2D eigenvalue weighted by Crippen LogP contribution is 2.42. The van der Waals surface area contributed by atoms with Crippen molar-refractivity contribution in [2.45, 2.75) is 90.1 Å². The molecular weight excluding hydrogens is 601 g/mol. The third kappa shape index (κ3) is 8.57. The number of hydrogen-bond donors (Lipinski definition) is 1. The molecule has 5 rings (SSSR count). The monoisotopic (exact) mass is 646 g/mol. The van der Waals surface area contributed by atoms with Crippen LogP contribution in [0.2, 0.25) is 0 Å². The van der Waals surface area contributed by atoms with E-state index in [1.54, 1.807) is 6.20 Å². The quantitative estimate of drug-likeness (QED) is 0.381. The van der Waals surface area contributed by atoms with E-state index in [4.69, 9.17) is 14.6 Å². The maximum absolute atomic E-state index is 13.3. The van der Waals surface area contributed by atoms with E-state index in [1.807, 2.05) is 60.2 Å². The fourth-order valence-electron chi connectivity index (χ4n) is 7.00. The molecule has 1 aromatic carbocycles. The smallest absolute Gasteiger partial charge is 0.475 e. The molecule has 1 N–H and O–H groups in total. The Balaban J connectivity index is 0.000000617. The van der Waals surface area contributed by atoms with Crippen molar-refractivity contribution < 1.29 is 37.4 Å². The molecule has 2 amide bonds. The Kier molecular flexibility index (Phi) is 11.7. The van der Waals surface area contributed by atoms with Gasteiger partial charge in [0.05, 0.1) is 6.54 Å². The first-order chi connectivity index (χ1) is 21.8. The van der Waals surface area contributed by atoms with Crippen LogP contribution in [0.3, 0.4) is 0 Å². The standard InChI is InChI=1S/C32H44N4O3.C2HF3O2/c1-4-5-11-27-23-36(22-26-10-7-16-33-21-26)31(38)39-32(27)14-19-34(20-15-32)28-12-17-35(18-13-28)30(37)29-24(2)8-6-9-25(29)3;3-2(4,5)1(6)7/h6-10,16,21,27-28H,4-5,11-15,17-20,22-23H2,1-3H3;(H,6,7). The number of hydrogen-bond acceptors (Lipinski definition) is 6. The first-order valence-electron chi connectivity index (χ1n) is 16.1. The summed E-state index contributed by atoms with van der Waals surface area (Å²) in [6.07, 6.45) is 5.52. The van der Waals surface area contributed by atoms with Crippen LogP contribution < -0.4 is 0 Å². The third-order valence-corrected chi connectivity index (χ3v) is 9.59. The van der Waals surface area contributed by atoms with Crippen LogP contribution in [-0.2, 0) is 16.1 Å². The zero-order valence-corrected chi connectivity index (χ0v) is 26.9. The van der Waals surface area contributed by atoms with Gasteiger partial charge in [-0.15, -0.1) is 0 Å². The summed E-state index contributed by atoms with van der Waals surface area (Å²) in [5, 5.41) is 7.12. The van der Waals surface area contributed by atoms with Gasteiger partial charge >= 0.3 is 18.2 Å². The fourth-order valence-corrected chi connectivity index (χ4v) is 7.00. The zero-order valence-electron chi connectivity index (χ0n) is 26.9. The highest BCUT2D eigenvalue weighted by molar-refractivity contribution is 5.97. The molecule has 252 valence electrons. The number of ether oxygens (including phenoxy) is 1. The number of carboxylic acid groups (broad SMARTS) is 1. The Morgan fingerprint density at radius 3 is 2.22 bits per heavy atom. The lowest BCUT2D eigenvalue weighted by Crippen LogP contribution is -2.61. The SMILES string of the molecule is CCCCC1CN(Cc2cccnc2)C(=O)OC12CCN(C1CCN(C(=O)c3c(C)cccc3C)CC1)CC2.O=C(O)C(F)(F)F. The van der Waals surface area contributed by atoms with Crippen molar-refractivity contribution >= 4 is 18.0 Å². The molecule has 1 atom stereocenters. The lowest BCUT2D eigenvalue weighted by molar-refractivity contribution is -0.192. The zero-order chi connectivity index (χ0) is 33.5. The second-order valence-electron chi connectivity index (χ2n) is 12.6. The fraction of sp³-hybridized carbons (Fsp3) is 0.588. The highest BCUT2D eigenvalue weighted by atomic mass is 19.4. The summed E-state index contributed by atoms with van der Waals surface area (Å²) < 4.78 is 38.1. The van der Waals surface area contributed by atoms with Crippen LogP contribution >= 0.6 is 0 Å². The van der Waals surface area contributed by atoms with E-state index in [9.17, 15) is 22.8 Å². The largest absolute Gasteiger partial charge is 0.490 e. The molecule has 0 bridgehead atoms. The summed E-state index contributed by atoms with van der Waals surface area (Å²) in [4.78, 5) is 46.1. The number of pyridine rings is 1. The van der Waals surface area contributed by atoms with Gasteiger partial charge in [-0.2, -0.15) is 13.2 Å². The van der Waals surface area contributed by atoms with Crippen LogP contribution in [0.25, 0.3) is 0 Å². The van der Waals surface area contributed by atoms with Crippen molar-refractivity contribution in [3.63, 3.8) is 0 Å². The summed E-state index contributed by atoms with van der Waals surface area (Å²) >= 11 is 0. The van der Waals surface area contributed by atoms with E-state index in [1.165, 1.54) is 0 Å². The van der Waals surface area contributed by atoms with Crippen molar-refractivity contribution in [1.82, 2.24) is 19.7 Å². The predicted octanol–water partition coefficient (Wildman–Crippen LogP) is 6.23. The molecule has 46 heavy (non-hydrogen) atoms. The van der Waals surface area contributed by atoms with Gasteiger partial charge in [0.15, 0.2) is 0 Å². The average molecular weight is 647 g/mol. The molecule has 12 heteroatoms. The highest BCUT2D eigenvalue weighted by Gasteiger charge is 2.50. The van der Waals surface area contributed by atoms with Crippen molar-refractivity contribution in [2.24, 2.45) is 5.92 Å². The number of benzene rings is 1. The van der Waals surface area contributed by atoms with Gasteiger partial charge in [0, 0.05) is 75.5 Å². The molecule has 9 nitrogen and oxygen atoms in total. The van der Waals surface area contributed by atoms with Crippen LogP contribution in [0, 0.1) is 19.8 Å². The Labute approximate surface area is 268 Å². The maximum atomic E-state index is 13.3. The molecular formula is C34H45F3N4O5. The molecule has 2 aromatic rings. The lowest BCUT2D eigenvalue weighted by Gasteiger charge is -2.52. The maximum Gasteiger partial charge on any atom is 0.490 e. The molecule has 3 fully saturated rings. The number of aromatic nitrogens is 1. The molecule has 3 saturated heterocycles. The van der Waals surface area contributed by atoms with Gasteiger partial charge in [-0.3, -0.25) is 14.7 Å². The number of likely N-dealkylation sites (tertiary alicyclic amines) is 2. The molecule has 0 saturated carbocycles. The third-order valence-electron chi connectivity index (χ3n) is 9.59.